The SMILES string of the molecule is CCCCCc1ccc(NC(=O)CNCCC)cc1. The molecule has 0 saturated heterocycles. The lowest BCUT2D eigenvalue weighted by Gasteiger charge is -2.07. The largest absolute Gasteiger partial charge is 0.325 e. The van der Waals surface area contributed by atoms with Gasteiger partial charge in [0.05, 0.1) is 6.54 Å². The maximum Gasteiger partial charge on any atom is 0.238 e. The highest BCUT2D eigenvalue weighted by atomic mass is 16.1. The van der Waals surface area contributed by atoms with Crippen molar-refractivity contribution >= 4 is 11.6 Å². The fourth-order valence-electron chi connectivity index (χ4n) is 1.92. The van der Waals surface area contributed by atoms with Crippen LogP contribution < -0.4 is 10.6 Å². The third kappa shape index (κ3) is 6.97. The van der Waals surface area contributed by atoms with Gasteiger partial charge < -0.3 is 10.6 Å². The van der Waals surface area contributed by atoms with E-state index in [9.17, 15) is 4.79 Å². The van der Waals surface area contributed by atoms with Crippen LogP contribution in [0.2, 0.25) is 0 Å². The van der Waals surface area contributed by atoms with Crippen molar-refractivity contribution in [2.75, 3.05) is 18.4 Å². The quantitative estimate of drug-likeness (QED) is 0.670. The topological polar surface area (TPSA) is 41.1 Å². The molecule has 106 valence electrons. The summed E-state index contributed by atoms with van der Waals surface area (Å²) in [6.45, 7) is 5.56. The van der Waals surface area contributed by atoms with Gasteiger partial charge in [-0.3, -0.25) is 4.79 Å². The molecular formula is C16H26N2O. The first-order chi connectivity index (χ1) is 9.26. The number of carbonyl (C=O) groups is 1. The Bertz CT molecular complexity index is 360. The summed E-state index contributed by atoms with van der Waals surface area (Å²) in [5, 5.41) is 5.98. The molecule has 2 N–H and O–H groups in total. The molecule has 0 saturated carbocycles. The summed E-state index contributed by atoms with van der Waals surface area (Å²) >= 11 is 0. The van der Waals surface area contributed by atoms with Gasteiger partial charge in [0, 0.05) is 5.69 Å². The van der Waals surface area contributed by atoms with E-state index in [4.69, 9.17) is 0 Å². The van der Waals surface area contributed by atoms with Crippen molar-refractivity contribution in [2.24, 2.45) is 0 Å². The molecule has 0 spiro atoms. The smallest absolute Gasteiger partial charge is 0.238 e. The van der Waals surface area contributed by atoms with Crippen molar-refractivity contribution in [2.45, 2.75) is 46.0 Å². The minimum Gasteiger partial charge on any atom is -0.325 e. The zero-order valence-electron chi connectivity index (χ0n) is 12.2. The van der Waals surface area contributed by atoms with Gasteiger partial charge in [0.2, 0.25) is 5.91 Å². The van der Waals surface area contributed by atoms with E-state index in [1.165, 1.54) is 24.8 Å². The summed E-state index contributed by atoms with van der Waals surface area (Å²) in [5.74, 6) is 0.0205. The molecule has 19 heavy (non-hydrogen) atoms. The first-order valence-electron chi connectivity index (χ1n) is 7.35. The Balaban J connectivity index is 2.32. The summed E-state index contributed by atoms with van der Waals surface area (Å²) in [7, 11) is 0. The first-order valence-corrected chi connectivity index (χ1v) is 7.35. The van der Waals surface area contributed by atoms with Crippen LogP contribution in [0.25, 0.3) is 0 Å². The zero-order chi connectivity index (χ0) is 13.9. The summed E-state index contributed by atoms with van der Waals surface area (Å²) in [4.78, 5) is 11.6. The van der Waals surface area contributed by atoms with Gasteiger partial charge in [0.1, 0.15) is 0 Å². The number of nitrogens with one attached hydrogen (secondary N) is 2. The summed E-state index contributed by atoms with van der Waals surface area (Å²) in [6.07, 6.45) is 5.93. The van der Waals surface area contributed by atoms with Crippen molar-refractivity contribution in [3.8, 4) is 0 Å². The fraction of sp³-hybridized carbons (Fsp3) is 0.562. The highest BCUT2D eigenvalue weighted by Gasteiger charge is 2.01. The highest BCUT2D eigenvalue weighted by molar-refractivity contribution is 5.92. The second-order valence-electron chi connectivity index (χ2n) is 4.88. The van der Waals surface area contributed by atoms with E-state index >= 15 is 0 Å². The van der Waals surface area contributed by atoms with Crippen LogP contribution in [0.3, 0.4) is 0 Å². The molecule has 0 unspecified atom stereocenters. The van der Waals surface area contributed by atoms with E-state index in [-0.39, 0.29) is 5.91 Å². The predicted molar refractivity (Wildman–Crippen MR) is 81.5 cm³/mol. The normalized spacial score (nSPS) is 10.4. The van der Waals surface area contributed by atoms with E-state index in [1.807, 2.05) is 12.1 Å². The Hall–Kier alpha value is -1.35. The number of hydrogen-bond acceptors (Lipinski definition) is 2. The summed E-state index contributed by atoms with van der Waals surface area (Å²) < 4.78 is 0. The Morgan fingerprint density at radius 3 is 2.42 bits per heavy atom. The monoisotopic (exact) mass is 262 g/mol. The lowest BCUT2D eigenvalue weighted by Crippen LogP contribution is -2.28. The molecule has 0 atom stereocenters. The molecule has 0 fully saturated rings. The molecule has 0 aliphatic heterocycles. The van der Waals surface area contributed by atoms with Gasteiger partial charge in [-0.25, -0.2) is 0 Å². The van der Waals surface area contributed by atoms with E-state index in [2.05, 4.69) is 36.6 Å². The van der Waals surface area contributed by atoms with Gasteiger partial charge in [-0.2, -0.15) is 0 Å². The van der Waals surface area contributed by atoms with Crippen molar-refractivity contribution < 1.29 is 4.79 Å². The zero-order valence-corrected chi connectivity index (χ0v) is 12.2. The van der Waals surface area contributed by atoms with E-state index in [0.29, 0.717) is 6.54 Å². The second kappa shape index (κ2) is 9.56. The Kier molecular flexibility index (Phi) is 7.91. The van der Waals surface area contributed by atoms with Gasteiger partial charge in [0.15, 0.2) is 0 Å². The summed E-state index contributed by atoms with van der Waals surface area (Å²) in [6, 6.07) is 8.17. The van der Waals surface area contributed by atoms with E-state index < -0.39 is 0 Å². The molecule has 1 amide bonds. The van der Waals surface area contributed by atoms with Gasteiger partial charge in [0.25, 0.3) is 0 Å². The first kappa shape index (κ1) is 15.7. The average Bonchev–Trinajstić information content (AvgIpc) is 2.41. The van der Waals surface area contributed by atoms with Gasteiger partial charge in [-0.15, -0.1) is 0 Å². The van der Waals surface area contributed by atoms with E-state index in [1.54, 1.807) is 0 Å². The Morgan fingerprint density at radius 2 is 1.79 bits per heavy atom. The number of amides is 1. The highest BCUT2D eigenvalue weighted by Crippen LogP contribution is 2.12. The third-order valence-electron chi connectivity index (χ3n) is 3.02. The molecule has 1 aromatic carbocycles. The van der Waals surface area contributed by atoms with Crippen molar-refractivity contribution in [1.82, 2.24) is 5.32 Å². The molecule has 0 bridgehead atoms. The van der Waals surface area contributed by atoms with Crippen LogP contribution in [0, 0.1) is 0 Å². The van der Waals surface area contributed by atoms with Gasteiger partial charge in [-0.05, 0) is 43.5 Å². The van der Waals surface area contributed by atoms with Crippen LogP contribution in [0.15, 0.2) is 24.3 Å². The van der Waals surface area contributed by atoms with Crippen molar-refractivity contribution in [1.29, 1.82) is 0 Å². The number of unbranched alkanes of at least 4 members (excludes halogenated alkanes) is 2. The molecule has 0 aromatic heterocycles. The molecule has 0 aliphatic rings. The second-order valence-corrected chi connectivity index (χ2v) is 4.88. The van der Waals surface area contributed by atoms with Crippen LogP contribution in [0.4, 0.5) is 5.69 Å². The predicted octanol–water partition coefficient (Wildman–Crippen LogP) is 3.36. The van der Waals surface area contributed by atoms with Gasteiger partial charge in [-0.1, -0.05) is 38.8 Å². The molecule has 0 aliphatic carbocycles. The molecule has 3 nitrogen and oxygen atoms in total. The number of benzene rings is 1. The Labute approximate surface area is 116 Å². The number of anilines is 1. The van der Waals surface area contributed by atoms with Crippen LogP contribution in [0.1, 0.15) is 45.1 Å². The van der Waals surface area contributed by atoms with Crippen LogP contribution in [-0.2, 0) is 11.2 Å². The molecule has 0 heterocycles. The molecule has 1 aromatic rings. The molecule has 0 radical (unpaired) electrons. The number of aryl methyl sites for hydroxylation is 1. The minimum absolute atomic E-state index is 0.0205. The standard InChI is InChI=1S/C16H26N2O/c1-3-5-6-7-14-8-10-15(11-9-14)18-16(19)13-17-12-4-2/h8-11,17H,3-7,12-13H2,1-2H3,(H,18,19). The molecule has 1 rings (SSSR count). The maximum absolute atomic E-state index is 11.6. The van der Waals surface area contributed by atoms with Crippen LogP contribution >= 0.6 is 0 Å². The van der Waals surface area contributed by atoms with Gasteiger partial charge >= 0.3 is 0 Å². The average molecular weight is 262 g/mol. The lowest BCUT2D eigenvalue weighted by molar-refractivity contribution is -0.115. The van der Waals surface area contributed by atoms with Crippen molar-refractivity contribution in [3.63, 3.8) is 0 Å². The molecular weight excluding hydrogens is 236 g/mol. The minimum atomic E-state index is 0.0205. The maximum atomic E-state index is 11.6. The third-order valence-corrected chi connectivity index (χ3v) is 3.02. The number of carbonyl (C=O) groups excluding carboxylic acids is 1. The molecule has 3 heteroatoms. The lowest BCUT2D eigenvalue weighted by atomic mass is 10.1. The van der Waals surface area contributed by atoms with Crippen LogP contribution in [0.5, 0.6) is 0 Å². The Morgan fingerprint density at radius 1 is 1.05 bits per heavy atom. The number of rotatable bonds is 9. The van der Waals surface area contributed by atoms with E-state index in [0.717, 1.165) is 25.1 Å². The fourth-order valence-corrected chi connectivity index (χ4v) is 1.92. The van der Waals surface area contributed by atoms with Crippen LogP contribution in [-0.4, -0.2) is 19.0 Å². The van der Waals surface area contributed by atoms with Crippen molar-refractivity contribution in [3.05, 3.63) is 29.8 Å². The number of hydrogen-bond donors (Lipinski definition) is 2. The summed E-state index contributed by atoms with van der Waals surface area (Å²) in [5.41, 5.74) is 2.22.